The first kappa shape index (κ1) is 6.63. The van der Waals surface area contributed by atoms with Gasteiger partial charge < -0.3 is 4.74 Å². The third-order valence-corrected chi connectivity index (χ3v) is 0.787. The largest absolute Gasteiger partial charge is 0.373 e. The van der Waals surface area contributed by atoms with Crippen LogP contribution in [0.1, 0.15) is 13.3 Å². The first-order valence-electron chi connectivity index (χ1n) is 2.25. The Balaban J connectivity index is 3.16. The molecule has 0 saturated carbocycles. The van der Waals surface area contributed by atoms with E-state index in [9.17, 15) is 4.79 Å². The van der Waals surface area contributed by atoms with Crippen molar-refractivity contribution in [1.82, 2.24) is 0 Å². The Morgan fingerprint density at radius 2 is 2.43 bits per heavy atom. The quantitative estimate of drug-likeness (QED) is 0.518. The Morgan fingerprint density at radius 3 is 2.43 bits per heavy atom. The van der Waals surface area contributed by atoms with Crippen molar-refractivity contribution in [1.29, 1.82) is 0 Å². The summed E-state index contributed by atoms with van der Waals surface area (Å²) in [5, 5.41) is 0. The van der Waals surface area contributed by atoms with Crippen LogP contribution >= 0.6 is 0 Å². The van der Waals surface area contributed by atoms with Gasteiger partial charge in [-0.15, -0.1) is 0 Å². The maximum atomic E-state index is 9.72. The number of hydrogen-bond donors (Lipinski definition) is 0. The summed E-state index contributed by atoms with van der Waals surface area (Å²) in [5.41, 5.74) is 0. The highest BCUT2D eigenvalue weighted by Gasteiger charge is 1.98. The highest BCUT2D eigenvalue weighted by molar-refractivity contribution is 5.56. The van der Waals surface area contributed by atoms with Crippen LogP contribution in [-0.2, 0) is 9.53 Å². The van der Waals surface area contributed by atoms with Gasteiger partial charge >= 0.3 is 0 Å². The van der Waals surface area contributed by atoms with Crippen molar-refractivity contribution in [3.63, 3.8) is 0 Å². The Morgan fingerprint density at radius 1 is 1.86 bits per heavy atom. The van der Waals surface area contributed by atoms with Gasteiger partial charge in [0.1, 0.15) is 6.10 Å². The molecule has 0 fully saturated rings. The van der Waals surface area contributed by atoms with Crippen molar-refractivity contribution in [2.45, 2.75) is 19.4 Å². The third kappa shape index (κ3) is 2.34. The topological polar surface area (TPSA) is 26.3 Å². The number of rotatable bonds is 3. The molecule has 0 heterocycles. The van der Waals surface area contributed by atoms with Gasteiger partial charge in [0.2, 0.25) is 6.29 Å². The van der Waals surface area contributed by atoms with E-state index in [1.807, 2.05) is 6.92 Å². The lowest BCUT2D eigenvalue weighted by Gasteiger charge is -1.98. The first-order valence-corrected chi connectivity index (χ1v) is 2.25. The van der Waals surface area contributed by atoms with Gasteiger partial charge in [0.25, 0.3) is 0 Å². The van der Waals surface area contributed by atoms with Gasteiger partial charge in [-0.25, -0.2) is 0 Å². The van der Waals surface area contributed by atoms with Crippen LogP contribution in [0.2, 0.25) is 0 Å². The second kappa shape index (κ2) is 3.81. The average Bonchev–Trinajstić information content (AvgIpc) is 1.72. The molecule has 0 bridgehead atoms. The minimum absolute atomic E-state index is 0.319. The zero-order valence-electron chi connectivity index (χ0n) is 4.60. The van der Waals surface area contributed by atoms with E-state index in [2.05, 4.69) is 4.74 Å². The molecule has 7 heavy (non-hydrogen) atoms. The van der Waals surface area contributed by atoms with E-state index in [1.54, 1.807) is 6.29 Å². The normalized spacial score (nSPS) is 13.4. The third-order valence-electron chi connectivity index (χ3n) is 0.787. The van der Waals surface area contributed by atoms with Gasteiger partial charge in [-0.3, -0.25) is 4.79 Å². The molecule has 2 nitrogen and oxygen atoms in total. The van der Waals surface area contributed by atoms with Crippen molar-refractivity contribution >= 4 is 6.29 Å². The molecule has 1 unspecified atom stereocenters. The van der Waals surface area contributed by atoms with Gasteiger partial charge in [0, 0.05) is 7.11 Å². The predicted molar refractivity (Wildman–Crippen MR) is 26.8 cm³/mol. The van der Waals surface area contributed by atoms with Crippen LogP contribution in [0.15, 0.2) is 0 Å². The second-order valence-corrected chi connectivity index (χ2v) is 1.25. The highest BCUT2D eigenvalue weighted by atomic mass is 16.5. The molecule has 0 aromatic carbocycles. The van der Waals surface area contributed by atoms with Crippen LogP contribution in [0.25, 0.3) is 0 Å². The standard InChI is InChI=1S/C5H9O2/c1-3-5(4-6)7-2/h5H,3H2,1-2H3. The summed E-state index contributed by atoms with van der Waals surface area (Å²) in [4.78, 5) is 9.72. The molecule has 0 aliphatic heterocycles. The number of methoxy groups -OCH3 is 1. The summed E-state index contributed by atoms with van der Waals surface area (Å²) >= 11 is 0. The van der Waals surface area contributed by atoms with Crippen LogP contribution < -0.4 is 0 Å². The fraction of sp³-hybridized carbons (Fsp3) is 0.800. The van der Waals surface area contributed by atoms with E-state index in [0.29, 0.717) is 6.42 Å². The molecule has 0 aliphatic carbocycles. The van der Waals surface area contributed by atoms with E-state index in [-0.39, 0.29) is 6.10 Å². The molecule has 0 spiro atoms. The van der Waals surface area contributed by atoms with Gasteiger partial charge in [-0.2, -0.15) is 0 Å². The SMILES string of the molecule is CCC([C]=O)OC. The van der Waals surface area contributed by atoms with Crippen molar-refractivity contribution in [2.24, 2.45) is 0 Å². The molecule has 0 aliphatic rings. The lowest BCUT2D eigenvalue weighted by atomic mass is 10.3. The monoisotopic (exact) mass is 101 g/mol. The van der Waals surface area contributed by atoms with Crippen LogP contribution in [0.3, 0.4) is 0 Å². The molecule has 0 aromatic rings. The van der Waals surface area contributed by atoms with Crippen LogP contribution in [0.5, 0.6) is 0 Å². The van der Waals surface area contributed by atoms with Crippen LogP contribution in [-0.4, -0.2) is 19.5 Å². The summed E-state index contributed by atoms with van der Waals surface area (Å²) < 4.78 is 4.62. The number of carbonyl (C=O) groups excluding carboxylic acids is 1. The Kier molecular flexibility index (Phi) is 3.61. The Hall–Kier alpha value is -0.370. The molecular formula is C5H9O2. The highest BCUT2D eigenvalue weighted by Crippen LogP contribution is 1.88. The smallest absolute Gasteiger partial charge is 0.229 e. The predicted octanol–water partition coefficient (Wildman–Crippen LogP) is 0.521. The van der Waals surface area contributed by atoms with Crippen molar-refractivity contribution in [3.8, 4) is 0 Å². The van der Waals surface area contributed by atoms with E-state index in [1.165, 1.54) is 7.11 Å². The van der Waals surface area contributed by atoms with Gasteiger partial charge in [-0.05, 0) is 6.42 Å². The maximum absolute atomic E-state index is 9.72. The van der Waals surface area contributed by atoms with Crippen LogP contribution in [0, 0.1) is 0 Å². The fourth-order valence-electron chi connectivity index (χ4n) is 0.298. The van der Waals surface area contributed by atoms with Gasteiger partial charge in [0.15, 0.2) is 0 Å². The summed E-state index contributed by atoms with van der Waals surface area (Å²) in [6.45, 7) is 1.87. The molecule has 2 heteroatoms. The van der Waals surface area contributed by atoms with Crippen molar-refractivity contribution in [2.75, 3.05) is 7.11 Å². The van der Waals surface area contributed by atoms with E-state index in [4.69, 9.17) is 0 Å². The van der Waals surface area contributed by atoms with Crippen molar-refractivity contribution < 1.29 is 9.53 Å². The average molecular weight is 101 g/mol. The molecule has 1 atom stereocenters. The zero-order chi connectivity index (χ0) is 5.70. The molecule has 0 saturated heterocycles. The molecule has 41 valence electrons. The minimum Gasteiger partial charge on any atom is -0.373 e. The van der Waals surface area contributed by atoms with Crippen molar-refractivity contribution in [3.05, 3.63) is 0 Å². The minimum atomic E-state index is -0.319. The van der Waals surface area contributed by atoms with E-state index < -0.39 is 0 Å². The fourth-order valence-corrected chi connectivity index (χ4v) is 0.298. The van der Waals surface area contributed by atoms with Gasteiger partial charge in [0.05, 0.1) is 0 Å². The lowest BCUT2D eigenvalue weighted by Crippen LogP contribution is -2.08. The van der Waals surface area contributed by atoms with Gasteiger partial charge in [-0.1, -0.05) is 6.92 Å². The molecule has 1 radical (unpaired) electrons. The van der Waals surface area contributed by atoms with Crippen LogP contribution in [0.4, 0.5) is 0 Å². The molecule has 0 amide bonds. The zero-order valence-corrected chi connectivity index (χ0v) is 4.60. The molecule has 0 N–H and O–H groups in total. The summed E-state index contributed by atoms with van der Waals surface area (Å²) in [6, 6.07) is 0. The van der Waals surface area contributed by atoms with E-state index in [0.717, 1.165) is 0 Å². The lowest BCUT2D eigenvalue weighted by molar-refractivity contribution is 0.149. The maximum Gasteiger partial charge on any atom is 0.229 e. The van der Waals surface area contributed by atoms with E-state index >= 15 is 0 Å². The summed E-state index contributed by atoms with van der Waals surface area (Å²) in [7, 11) is 1.50. The summed E-state index contributed by atoms with van der Waals surface area (Å²) in [5.74, 6) is 0. The Labute approximate surface area is 43.5 Å². The molecule has 0 aromatic heterocycles. The number of ether oxygens (including phenoxy) is 1. The summed E-state index contributed by atoms with van der Waals surface area (Å²) in [6.07, 6.45) is 2.12. The molecule has 0 rings (SSSR count). The Bertz CT molecular complexity index is 48.0. The first-order chi connectivity index (χ1) is 3.35. The second-order valence-electron chi connectivity index (χ2n) is 1.25. The number of hydrogen-bond acceptors (Lipinski definition) is 2. The molecular weight excluding hydrogens is 92.1 g/mol.